The number of anilines is 4. The fraction of sp³-hybridized carbons (Fsp3) is 0.0808. The maximum atomic E-state index is 9.73. The van der Waals surface area contributed by atoms with Gasteiger partial charge in [0, 0.05) is 31.4 Å². The molecule has 4 heterocycles. The Bertz CT molecular complexity index is 5100. The molecule has 129 heavy (non-hydrogen) atoms. The fourth-order valence-electron chi connectivity index (χ4n) is 13.1. The van der Waals surface area contributed by atoms with Gasteiger partial charge in [0.15, 0.2) is 16.8 Å². The minimum absolute atomic E-state index is 0. The van der Waals surface area contributed by atoms with Crippen LogP contribution < -0.4 is 233 Å². The Labute approximate surface area is 917 Å². The minimum Gasteiger partial charge on any atom is -1.00 e. The number of aromatic nitrogens is 6. The van der Waals surface area contributed by atoms with Crippen LogP contribution in [-0.2, 0) is 30.1 Å². The number of nitrogens with zero attached hydrogens (tertiary/aromatic N) is 8. The van der Waals surface area contributed by atoms with E-state index in [0.717, 1.165) is 0 Å². The van der Waals surface area contributed by atoms with Crippen LogP contribution in [0.25, 0.3) is 11.3 Å². The molecular formula is C99H90BCl5Cs2N10O7P4Pd. The Morgan fingerprint density at radius 2 is 0.574 bits per heavy atom. The van der Waals surface area contributed by atoms with E-state index in [9.17, 15) is 10.2 Å². The first-order valence-electron chi connectivity index (χ1n) is 39.6. The van der Waals surface area contributed by atoms with Gasteiger partial charge in [0.1, 0.15) is 5.69 Å². The van der Waals surface area contributed by atoms with Crippen molar-refractivity contribution in [3.8, 4) is 11.3 Å². The summed E-state index contributed by atoms with van der Waals surface area (Å²) in [7, 11) is -3.35. The molecule has 8 N–H and O–H groups in total. The molecule has 0 unspecified atom stereocenters. The molecule has 18 rings (SSSR count). The standard InChI is InChI=1S/4C18H15P.C13H13Cl2N5O.C7H10ClN5O.C6H5BCl2O2.CH2O3.2Cs.Pd.H/c4*1-4-10-16(11-5-1)19(17-12-6-2-7-13-17)18-14-8-3-9-15-18;1-13(21)5-20(6-13)12-17-11(16)10(18-19-12)7-3-2-4-8(14)9(7)15;1-7(14)2-13(3-7)6-10-5(9)4(8)11-12-6;8-5-3-1-2-4(6(5)9)7(10)11;2-1-4-3;;;;/h4*1-15H;2-4,21H,5-6H2,1H3,(H2,16,17,19);14H,2-3H2,1H3,(H2,9,10,12);1-3,10-11H;1,3H;;;;/q;;;;;;;;2*+1;;-1/p-1. The maximum Gasteiger partial charge on any atom is 1.00 e. The van der Waals surface area contributed by atoms with Crippen LogP contribution in [0.5, 0.6) is 0 Å². The number of carbonyl (C=O) groups is 1. The normalized spacial score (nSPS) is 12.0. The topological polar surface area (TPSA) is 266 Å². The van der Waals surface area contributed by atoms with Gasteiger partial charge in [-0.1, -0.05) is 446 Å². The van der Waals surface area contributed by atoms with Gasteiger partial charge in [-0.25, -0.2) is 0 Å². The number of hydrogen-bond donors (Lipinski definition) is 6. The molecule has 0 radical (unpaired) electrons. The van der Waals surface area contributed by atoms with Gasteiger partial charge >= 0.3 is 145 Å². The Balaban J connectivity index is 0.000000206. The van der Waals surface area contributed by atoms with Crippen LogP contribution >= 0.6 is 89.7 Å². The molecule has 16 aromatic rings. The molecule has 648 valence electrons. The maximum absolute atomic E-state index is 9.73. The van der Waals surface area contributed by atoms with Crippen molar-refractivity contribution in [3.05, 3.63) is 426 Å². The number of hydrogen-bond acceptors (Lipinski definition) is 17. The molecular weight excluding hydrogens is 2130 g/mol. The van der Waals surface area contributed by atoms with Gasteiger partial charge < -0.3 is 53.1 Å². The Kier molecular flexibility index (Phi) is 47.4. The van der Waals surface area contributed by atoms with Crippen molar-refractivity contribution < 1.29 is 195 Å². The number of rotatable bonds is 17. The van der Waals surface area contributed by atoms with E-state index in [1.807, 2.05) is 0 Å². The van der Waals surface area contributed by atoms with Crippen molar-refractivity contribution in [2.75, 3.05) is 47.4 Å². The molecule has 2 aliphatic rings. The van der Waals surface area contributed by atoms with Gasteiger partial charge in [-0.2, -0.15) is 9.97 Å². The van der Waals surface area contributed by atoms with E-state index in [-0.39, 0.29) is 193 Å². The number of carbonyl (C=O) groups excluding carboxylic acids is 1. The molecule has 2 saturated heterocycles. The summed E-state index contributed by atoms with van der Waals surface area (Å²) < 4.78 is 0. The van der Waals surface area contributed by atoms with E-state index in [0.29, 0.717) is 64.4 Å². The van der Waals surface area contributed by atoms with Crippen LogP contribution in [0.2, 0.25) is 25.2 Å². The fourth-order valence-corrected chi connectivity index (χ4v) is 23.2. The van der Waals surface area contributed by atoms with E-state index in [1.165, 1.54) is 69.7 Å². The predicted octanol–water partition coefficient (Wildman–Crippen LogP) is 8.68. The molecule has 17 nitrogen and oxygen atoms in total. The van der Waals surface area contributed by atoms with Crippen molar-refractivity contribution in [1.29, 1.82) is 0 Å². The summed E-state index contributed by atoms with van der Waals surface area (Å²) >= 11 is 28.9. The summed E-state index contributed by atoms with van der Waals surface area (Å²) in [4.78, 5) is 23.0. The SMILES string of the molecule is CC1(O)CN(c2nnc(-c3cccc(Cl)c3Cl)c(N)n2)C1.CC1(O)CN(c2nnc(Cl)c(N)n2)C1.O=CO[O-].OB(O)c1cccc(Cl)c1Cl.[Cs+].[Cs+].[H-].[Pd].c1ccc(P(c2ccccc2)c2ccccc2)cc1.c1ccc(P(c2ccccc2)c2ccccc2)cc1.c1ccc(P(c2ccccc2)c2ccccc2)cc1.c1ccc(P(c2ccccc2)c2ccccc2)cc1. The number of halogens is 5. The number of nitrogen functional groups attached to an aromatic ring is 2. The first-order chi connectivity index (χ1) is 61.2. The quantitative estimate of drug-likeness (QED) is 0.0164. The Morgan fingerprint density at radius 1 is 0.357 bits per heavy atom. The second-order valence-electron chi connectivity index (χ2n) is 28.5. The minimum atomic E-state index is -1.57. The third-order valence-corrected chi connectivity index (χ3v) is 30.4. The van der Waals surface area contributed by atoms with Gasteiger partial charge in [0.25, 0.3) is 6.47 Å². The molecule has 14 aromatic carbocycles. The van der Waals surface area contributed by atoms with Crippen molar-refractivity contribution in [1.82, 2.24) is 30.4 Å². The van der Waals surface area contributed by atoms with E-state index < -0.39 is 50.0 Å². The third kappa shape index (κ3) is 33.3. The van der Waals surface area contributed by atoms with Crippen LogP contribution in [0.1, 0.15) is 15.3 Å². The zero-order chi connectivity index (χ0) is 89.1. The summed E-state index contributed by atoms with van der Waals surface area (Å²) in [5.74, 6) is 1.17. The van der Waals surface area contributed by atoms with E-state index in [2.05, 4.69) is 399 Å². The van der Waals surface area contributed by atoms with E-state index in [1.54, 1.807) is 54.0 Å². The molecule has 0 spiro atoms. The monoisotopic (exact) mass is 2210 g/mol. The molecule has 0 saturated carbocycles. The van der Waals surface area contributed by atoms with Crippen molar-refractivity contribution in [2.24, 2.45) is 0 Å². The molecule has 0 amide bonds. The van der Waals surface area contributed by atoms with Crippen LogP contribution in [-0.4, -0.2) is 102 Å². The van der Waals surface area contributed by atoms with Crippen molar-refractivity contribution in [3.63, 3.8) is 0 Å². The largest absolute Gasteiger partial charge is 1.00 e. The number of β-amino-alcohol motifs (C(OH)–C–C–N with tert-alkyl or cyclic N) is 2. The molecule has 0 aliphatic carbocycles. The van der Waals surface area contributed by atoms with Crippen LogP contribution in [0, 0.1) is 0 Å². The summed E-state index contributed by atoms with van der Waals surface area (Å²) in [5.41, 5.74) is 11.2. The third-order valence-electron chi connectivity index (χ3n) is 18.7. The summed E-state index contributed by atoms with van der Waals surface area (Å²) in [5, 5.41) is 78.8. The number of aliphatic hydroxyl groups is 2. The van der Waals surface area contributed by atoms with Crippen LogP contribution in [0.15, 0.2) is 400 Å². The second kappa shape index (κ2) is 56.7. The smallest absolute Gasteiger partial charge is 1.00 e. The van der Waals surface area contributed by atoms with Crippen molar-refractivity contribution >= 4 is 196 Å². The average molecular weight is 2220 g/mol. The van der Waals surface area contributed by atoms with Crippen LogP contribution in [0.4, 0.5) is 23.5 Å². The molecule has 2 aliphatic heterocycles. The molecule has 2 fully saturated rings. The number of benzene rings is 14. The van der Waals surface area contributed by atoms with Gasteiger partial charge in [-0.15, -0.1) is 20.4 Å². The molecule has 30 heteroatoms. The van der Waals surface area contributed by atoms with Gasteiger partial charge in [0.2, 0.25) is 11.9 Å². The number of nitrogens with two attached hydrogens (primary N) is 2. The Hall–Kier alpha value is -6.43. The average Bonchev–Trinajstić information content (AvgIpc) is 0.781. The zero-order valence-corrected chi connectivity index (χ0v) is 92.3. The summed E-state index contributed by atoms with van der Waals surface area (Å²) in [6.45, 7) is 5.18. The van der Waals surface area contributed by atoms with E-state index >= 15 is 0 Å². The summed E-state index contributed by atoms with van der Waals surface area (Å²) in [6.07, 6.45) is 0. The first kappa shape index (κ1) is 108. The first-order valence-corrected chi connectivity index (χ1v) is 46.8. The molecule has 2 aromatic heterocycles. The van der Waals surface area contributed by atoms with Gasteiger partial charge in [0.05, 0.1) is 57.5 Å². The Morgan fingerprint density at radius 3 is 0.775 bits per heavy atom. The molecule has 0 bridgehead atoms. The second-order valence-corrected chi connectivity index (χ2v) is 39.3. The summed E-state index contributed by atoms with van der Waals surface area (Å²) in [6, 6.07) is 139. The van der Waals surface area contributed by atoms with E-state index in [4.69, 9.17) is 89.6 Å². The molecule has 0 atom stereocenters. The van der Waals surface area contributed by atoms with Gasteiger partial charge in [-0.3, -0.25) is 4.79 Å². The predicted molar refractivity (Wildman–Crippen MR) is 530 cm³/mol. The van der Waals surface area contributed by atoms with Crippen molar-refractivity contribution in [2.45, 2.75) is 25.0 Å². The van der Waals surface area contributed by atoms with Gasteiger partial charge in [-0.05, 0) is 121 Å². The van der Waals surface area contributed by atoms with Crippen LogP contribution in [0.3, 0.4) is 0 Å². The zero-order valence-electron chi connectivity index (χ0n) is 71.8.